The Bertz CT molecular complexity index is 836. The quantitative estimate of drug-likeness (QED) is 0.810. The lowest BCUT2D eigenvalue weighted by Gasteiger charge is -2.26. The molecule has 0 bridgehead atoms. The zero-order valence-electron chi connectivity index (χ0n) is 16.0. The van der Waals surface area contributed by atoms with Gasteiger partial charge in [-0.1, -0.05) is 38.1 Å². The first-order valence-corrected chi connectivity index (χ1v) is 8.74. The average Bonchev–Trinajstić information content (AvgIpc) is 2.60. The highest BCUT2D eigenvalue weighted by Gasteiger charge is 2.27. The number of hydrogen-bond donors (Lipinski definition) is 1. The average molecular weight is 372 g/mol. The summed E-state index contributed by atoms with van der Waals surface area (Å²) in [5, 5.41) is 0. The Morgan fingerprint density at radius 3 is 2.44 bits per heavy atom. The van der Waals surface area contributed by atoms with Crippen LogP contribution < -0.4 is 10.5 Å². The number of carbonyl (C=O) groups is 2. The maximum Gasteiger partial charge on any atom is 0.261 e. The van der Waals surface area contributed by atoms with Gasteiger partial charge in [-0.3, -0.25) is 9.59 Å². The molecule has 2 aromatic rings. The van der Waals surface area contributed by atoms with Crippen molar-refractivity contribution in [1.29, 1.82) is 0 Å². The summed E-state index contributed by atoms with van der Waals surface area (Å²) in [6.45, 7) is 5.79. The van der Waals surface area contributed by atoms with Gasteiger partial charge in [0, 0.05) is 7.05 Å². The molecule has 6 heteroatoms. The molecule has 5 nitrogen and oxygen atoms in total. The molecular formula is C21H25FN2O3. The van der Waals surface area contributed by atoms with Crippen LogP contribution in [0.2, 0.25) is 0 Å². The van der Waals surface area contributed by atoms with Crippen LogP contribution in [0.15, 0.2) is 42.5 Å². The lowest BCUT2D eigenvalue weighted by atomic mass is 10.0. The molecule has 27 heavy (non-hydrogen) atoms. The van der Waals surface area contributed by atoms with Crippen molar-refractivity contribution in [2.24, 2.45) is 5.73 Å². The second kappa shape index (κ2) is 8.66. The molecule has 144 valence electrons. The summed E-state index contributed by atoms with van der Waals surface area (Å²) in [4.78, 5) is 25.6. The highest BCUT2D eigenvalue weighted by molar-refractivity contribution is 5.88. The number of amides is 2. The van der Waals surface area contributed by atoms with E-state index in [9.17, 15) is 14.0 Å². The molecule has 2 amide bonds. The summed E-state index contributed by atoms with van der Waals surface area (Å²) in [5.74, 6) is -0.730. The topological polar surface area (TPSA) is 72.6 Å². The van der Waals surface area contributed by atoms with E-state index in [1.165, 1.54) is 30.1 Å². The number of rotatable bonds is 7. The summed E-state index contributed by atoms with van der Waals surface area (Å²) in [6.07, 6.45) is 0. The zero-order valence-corrected chi connectivity index (χ0v) is 16.0. The van der Waals surface area contributed by atoms with Crippen molar-refractivity contribution in [2.45, 2.75) is 32.7 Å². The number of benzene rings is 2. The van der Waals surface area contributed by atoms with E-state index in [-0.39, 0.29) is 6.61 Å². The standard InChI is InChI=1S/C21H25FN2O3/c1-13(2)15-9-8-14(3)18(11-15)27-12-19(25)24(4)20(21(23)26)16-6-5-7-17(22)10-16/h5-11,13,20H,12H2,1-4H3,(H2,23,26). The third-order valence-electron chi connectivity index (χ3n) is 4.44. The van der Waals surface area contributed by atoms with Crippen LogP contribution in [0.25, 0.3) is 0 Å². The zero-order chi connectivity index (χ0) is 20.1. The van der Waals surface area contributed by atoms with Gasteiger partial charge in [0.25, 0.3) is 5.91 Å². The van der Waals surface area contributed by atoms with Crippen LogP contribution in [0.5, 0.6) is 5.75 Å². The maximum absolute atomic E-state index is 13.5. The molecule has 2 rings (SSSR count). The Balaban J connectivity index is 2.14. The van der Waals surface area contributed by atoms with E-state index in [0.29, 0.717) is 17.2 Å². The molecule has 0 spiro atoms. The number of hydrogen-bond acceptors (Lipinski definition) is 3. The molecule has 0 radical (unpaired) electrons. The second-order valence-electron chi connectivity index (χ2n) is 6.83. The molecule has 0 aliphatic heterocycles. The first-order chi connectivity index (χ1) is 12.7. The second-order valence-corrected chi connectivity index (χ2v) is 6.83. The van der Waals surface area contributed by atoms with Gasteiger partial charge in [-0.2, -0.15) is 0 Å². The van der Waals surface area contributed by atoms with Gasteiger partial charge >= 0.3 is 0 Å². The number of aryl methyl sites for hydroxylation is 1. The number of primary amides is 1. The Labute approximate surface area is 158 Å². The van der Waals surface area contributed by atoms with Gasteiger partial charge < -0.3 is 15.4 Å². The summed E-state index contributed by atoms with van der Waals surface area (Å²) >= 11 is 0. The largest absolute Gasteiger partial charge is 0.483 e. The molecule has 0 aliphatic carbocycles. The Morgan fingerprint density at radius 2 is 1.85 bits per heavy atom. The van der Waals surface area contributed by atoms with E-state index < -0.39 is 23.7 Å². The van der Waals surface area contributed by atoms with Gasteiger partial charge in [-0.05, 0) is 47.7 Å². The van der Waals surface area contributed by atoms with Crippen LogP contribution >= 0.6 is 0 Å². The van der Waals surface area contributed by atoms with Crippen molar-refractivity contribution in [3.63, 3.8) is 0 Å². The molecule has 0 saturated carbocycles. The fourth-order valence-electron chi connectivity index (χ4n) is 2.77. The summed E-state index contributed by atoms with van der Waals surface area (Å²) in [7, 11) is 1.45. The number of halogens is 1. The van der Waals surface area contributed by atoms with Gasteiger partial charge in [0.15, 0.2) is 6.61 Å². The molecule has 0 heterocycles. The van der Waals surface area contributed by atoms with E-state index in [0.717, 1.165) is 11.1 Å². The molecule has 0 saturated heterocycles. The molecule has 0 fully saturated rings. The Hall–Kier alpha value is -2.89. The first-order valence-electron chi connectivity index (χ1n) is 8.74. The van der Waals surface area contributed by atoms with Crippen LogP contribution in [0.4, 0.5) is 4.39 Å². The van der Waals surface area contributed by atoms with E-state index in [1.54, 1.807) is 6.07 Å². The smallest absolute Gasteiger partial charge is 0.261 e. The van der Waals surface area contributed by atoms with Crippen LogP contribution in [0.3, 0.4) is 0 Å². The molecule has 0 aliphatic rings. The Kier molecular flexibility index (Phi) is 6.55. The molecule has 1 unspecified atom stereocenters. The van der Waals surface area contributed by atoms with E-state index >= 15 is 0 Å². The highest BCUT2D eigenvalue weighted by Crippen LogP contribution is 2.25. The van der Waals surface area contributed by atoms with Gasteiger partial charge in [-0.25, -0.2) is 4.39 Å². The van der Waals surface area contributed by atoms with Crippen LogP contribution in [-0.4, -0.2) is 30.4 Å². The van der Waals surface area contributed by atoms with Gasteiger partial charge in [0.05, 0.1) is 0 Å². The van der Waals surface area contributed by atoms with Crippen LogP contribution in [0.1, 0.15) is 42.5 Å². The normalized spacial score (nSPS) is 11.9. The fraction of sp³-hybridized carbons (Fsp3) is 0.333. The number of ether oxygens (including phenoxy) is 1. The third-order valence-corrected chi connectivity index (χ3v) is 4.44. The van der Waals surface area contributed by atoms with E-state index in [2.05, 4.69) is 13.8 Å². The van der Waals surface area contributed by atoms with Gasteiger partial charge in [-0.15, -0.1) is 0 Å². The number of carbonyl (C=O) groups excluding carboxylic acids is 2. The van der Waals surface area contributed by atoms with Gasteiger partial charge in [0.1, 0.15) is 17.6 Å². The predicted octanol–water partition coefficient (Wildman–Crippen LogP) is 3.32. The molecule has 1 atom stereocenters. The Morgan fingerprint density at radius 1 is 1.15 bits per heavy atom. The molecular weight excluding hydrogens is 347 g/mol. The van der Waals surface area contributed by atoms with Crippen molar-refractivity contribution in [1.82, 2.24) is 4.90 Å². The van der Waals surface area contributed by atoms with Crippen molar-refractivity contribution in [3.8, 4) is 5.75 Å². The monoisotopic (exact) mass is 372 g/mol. The fourth-order valence-corrected chi connectivity index (χ4v) is 2.77. The number of nitrogens with zero attached hydrogens (tertiary/aromatic N) is 1. The highest BCUT2D eigenvalue weighted by atomic mass is 19.1. The molecule has 2 N–H and O–H groups in total. The van der Waals surface area contributed by atoms with Gasteiger partial charge in [0.2, 0.25) is 5.91 Å². The first kappa shape index (κ1) is 20.4. The van der Waals surface area contributed by atoms with Crippen molar-refractivity contribution in [2.75, 3.05) is 13.7 Å². The minimum absolute atomic E-state index is 0.252. The summed E-state index contributed by atoms with van der Waals surface area (Å²) in [6, 6.07) is 10.3. The number of nitrogens with two attached hydrogens (primary N) is 1. The lowest BCUT2D eigenvalue weighted by Crippen LogP contribution is -2.41. The molecule has 2 aromatic carbocycles. The summed E-state index contributed by atoms with van der Waals surface area (Å²) < 4.78 is 19.2. The van der Waals surface area contributed by atoms with Crippen LogP contribution in [-0.2, 0) is 9.59 Å². The maximum atomic E-state index is 13.5. The minimum atomic E-state index is -1.07. The third kappa shape index (κ3) is 5.06. The number of likely N-dealkylation sites (N-methyl/N-ethyl adjacent to an activating group) is 1. The lowest BCUT2D eigenvalue weighted by molar-refractivity contribution is -0.139. The van der Waals surface area contributed by atoms with Crippen LogP contribution in [0, 0.1) is 12.7 Å². The van der Waals surface area contributed by atoms with Crippen molar-refractivity contribution in [3.05, 3.63) is 65.0 Å². The molecule has 0 aromatic heterocycles. The van der Waals surface area contributed by atoms with Crippen molar-refractivity contribution >= 4 is 11.8 Å². The van der Waals surface area contributed by atoms with E-state index in [4.69, 9.17) is 10.5 Å². The minimum Gasteiger partial charge on any atom is -0.483 e. The van der Waals surface area contributed by atoms with Crippen molar-refractivity contribution < 1.29 is 18.7 Å². The SMILES string of the molecule is Cc1ccc(C(C)C)cc1OCC(=O)N(C)C(C(N)=O)c1cccc(F)c1. The summed E-state index contributed by atoms with van der Waals surface area (Å²) in [5.41, 5.74) is 7.77. The predicted molar refractivity (Wildman–Crippen MR) is 102 cm³/mol. The van der Waals surface area contributed by atoms with E-state index in [1.807, 2.05) is 25.1 Å².